The molecular weight excluding hydrogens is 341 g/mol. The highest BCUT2D eigenvalue weighted by molar-refractivity contribution is 6.09. The molecule has 0 N–H and O–H groups in total. The second kappa shape index (κ2) is 7.60. The summed E-state index contributed by atoms with van der Waals surface area (Å²) in [6.45, 7) is 4.96. The first kappa shape index (κ1) is 18.6. The Morgan fingerprint density at radius 2 is 1.38 bits per heavy atom. The van der Waals surface area contributed by atoms with Crippen LogP contribution in [0.15, 0.2) is 48.5 Å². The minimum absolute atomic E-state index is 0.254. The number of rotatable bonds is 4. The molecule has 1 heterocycles. The van der Waals surface area contributed by atoms with Crippen molar-refractivity contribution in [2.75, 3.05) is 33.2 Å². The van der Waals surface area contributed by atoms with E-state index in [1.165, 1.54) is 12.1 Å². The Labute approximate surface area is 151 Å². The molecule has 0 amide bonds. The van der Waals surface area contributed by atoms with E-state index in [1.54, 1.807) is 12.1 Å². The average molecular weight is 362 g/mol. The number of piperazine rings is 1. The van der Waals surface area contributed by atoms with Crippen LogP contribution in [0.4, 0.5) is 13.2 Å². The summed E-state index contributed by atoms with van der Waals surface area (Å²) in [5.41, 5.74) is 1.10. The van der Waals surface area contributed by atoms with Crippen molar-refractivity contribution in [1.82, 2.24) is 9.80 Å². The van der Waals surface area contributed by atoms with E-state index in [1.807, 2.05) is 12.1 Å². The molecule has 1 aliphatic heterocycles. The van der Waals surface area contributed by atoms with Crippen LogP contribution in [0.25, 0.3) is 0 Å². The van der Waals surface area contributed by atoms with Crippen LogP contribution in [0.3, 0.4) is 0 Å². The monoisotopic (exact) mass is 362 g/mol. The van der Waals surface area contributed by atoms with Crippen LogP contribution in [0, 0.1) is 0 Å². The van der Waals surface area contributed by atoms with E-state index in [9.17, 15) is 18.0 Å². The molecule has 0 bridgehead atoms. The first-order valence-corrected chi connectivity index (χ1v) is 8.55. The standard InChI is InChI=1S/C20H21F3N2O/c1-24-10-12-25(13-11-24)14-15-2-4-16(5-3-15)19(26)17-6-8-18(9-7-17)20(21,22)23/h2-9H,10-14H2,1H3. The average Bonchev–Trinajstić information content (AvgIpc) is 2.63. The zero-order valence-corrected chi connectivity index (χ0v) is 14.6. The molecule has 0 unspecified atom stereocenters. The number of ketones is 1. The number of halogens is 3. The van der Waals surface area contributed by atoms with Gasteiger partial charge in [-0.25, -0.2) is 0 Å². The van der Waals surface area contributed by atoms with Crippen molar-refractivity contribution in [1.29, 1.82) is 0 Å². The van der Waals surface area contributed by atoms with Gasteiger partial charge in [-0.05, 0) is 24.7 Å². The van der Waals surface area contributed by atoms with Crippen LogP contribution in [-0.4, -0.2) is 48.8 Å². The number of alkyl halides is 3. The quantitative estimate of drug-likeness (QED) is 0.775. The highest BCUT2D eigenvalue weighted by atomic mass is 19.4. The zero-order chi connectivity index (χ0) is 18.7. The maximum atomic E-state index is 12.6. The van der Waals surface area contributed by atoms with E-state index in [2.05, 4.69) is 16.8 Å². The molecule has 0 radical (unpaired) electrons. The van der Waals surface area contributed by atoms with Gasteiger partial charge in [-0.1, -0.05) is 36.4 Å². The minimum atomic E-state index is -4.40. The van der Waals surface area contributed by atoms with Gasteiger partial charge in [0.1, 0.15) is 0 Å². The fourth-order valence-electron chi connectivity index (χ4n) is 3.00. The maximum absolute atomic E-state index is 12.6. The number of carbonyl (C=O) groups is 1. The first-order chi connectivity index (χ1) is 12.3. The first-order valence-electron chi connectivity index (χ1n) is 8.55. The van der Waals surface area contributed by atoms with E-state index < -0.39 is 11.7 Å². The van der Waals surface area contributed by atoms with Gasteiger partial charge in [0.25, 0.3) is 0 Å². The van der Waals surface area contributed by atoms with E-state index in [0.29, 0.717) is 5.56 Å². The Morgan fingerprint density at radius 3 is 1.88 bits per heavy atom. The Morgan fingerprint density at radius 1 is 0.885 bits per heavy atom. The van der Waals surface area contributed by atoms with Gasteiger partial charge in [-0.3, -0.25) is 9.69 Å². The van der Waals surface area contributed by atoms with E-state index in [-0.39, 0.29) is 11.3 Å². The summed E-state index contributed by atoms with van der Waals surface area (Å²) in [4.78, 5) is 17.1. The maximum Gasteiger partial charge on any atom is 0.416 e. The lowest BCUT2D eigenvalue weighted by molar-refractivity contribution is -0.137. The van der Waals surface area contributed by atoms with Crippen LogP contribution in [0.5, 0.6) is 0 Å². The van der Waals surface area contributed by atoms with Crippen molar-refractivity contribution in [3.63, 3.8) is 0 Å². The van der Waals surface area contributed by atoms with Gasteiger partial charge in [0.05, 0.1) is 5.56 Å². The van der Waals surface area contributed by atoms with Crippen molar-refractivity contribution >= 4 is 5.78 Å². The molecule has 0 saturated carbocycles. The molecule has 0 aromatic heterocycles. The molecular formula is C20H21F3N2O. The number of hydrogen-bond donors (Lipinski definition) is 0. The van der Waals surface area contributed by atoms with E-state index in [0.717, 1.165) is 50.4 Å². The second-order valence-corrected chi connectivity index (χ2v) is 6.68. The van der Waals surface area contributed by atoms with Crippen molar-refractivity contribution in [2.45, 2.75) is 12.7 Å². The summed E-state index contributed by atoms with van der Waals surface area (Å²) in [6, 6.07) is 11.6. The third kappa shape index (κ3) is 4.51. The summed E-state index contributed by atoms with van der Waals surface area (Å²) in [5, 5.41) is 0. The van der Waals surface area contributed by atoms with Crippen molar-refractivity contribution in [3.8, 4) is 0 Å². The smallest absolute Gasteiger partial charge is 0.304 e. The second-order valence-electron chi connectivity index (χ2n) is 6.68. The predicted molar refractivity (Wildman–Crippen MR) is 94.1 cm³/mol. The third-order valence-electron chi connectivity index (χ3n) is 4.69. The molecule has 1 aliphatic rings. The number of likely N-dealkylation sites (N-methyl/N-ethyl adjacent to an activating group) is 1. The SMILES string of the molecule is CN1CCN(Cc2ccc(C(=O)c3ccc(C(F)(F)F)cc3)cc2)CC1. The molecule has 1 fully saturated rings. The van der Waals surface area contributed by atoms with Gasteiger partial charge >= 0.3 is 6.18 Å². The Balaban J connectivity index is 1.65. The van der Waals surface area contributed by atoms with Crippen LogP contribution in [0.2, 0.25) is 0 Å². The molecule has 6 heteroatoms. The summed E-state index contributed by atoms with van der Waals surface area (Å²) >= 11 is 0. The van der Waals surface area contributed by atoms with Gasteiger partial charge in [0.15, 0.2) is 5.78 Å². The summed E-state index contributed by atoms with van der Waals surface area (Å²) in [7, 11) is 2.11. The fraction of sp³-hybridized carbons (Fsp3) is 0.350. The lowest BCUT2D eigenvalue weighted by Gasteiger charge is -2.32. The predicted octanol–water partition coefficient (Wildman–Crippen LogP) is 3.68. The number of hydrogen-bond acceptors (Lipinski definition) is 3. The highest BCUT2D eigenvalue weighted by Gasteiger charge is 2.30. The Hall–Kier alpha value is -2.18. The molecule has 2 aromatic rings. The molecule has 0 aliphatic carbocycles. The Kier molecular flexibility index (Phi) is 5.44. The fourth-order valence-corrected chi connectivity index (χ4v) is 3.00. The highest BCUT2D eigenvalue weighted by Crippen LogP contribution is 2.29. The lowest BCUT2D eigenvalue weighted by atomic mass is 10.0. The molecule has 0 spiro atoms. The number of carbonyl (C=O) groups excluding carboxylic acids is 1. The van der Waals surface area contributed by atoms with Gasteiger partial charge in [0.2, 0.25) is 0 Å². The zero-order valence-electron chi connectivity index (χ0n) is 14.6. The normalized spacial score (nSPS) is 16.6. The van der Waals surface area contributed by atoms with E-state index >= 15 is 0 Å². The molecule has 3 nitrogen and oxygen atoms in total. The van der Waals surface area contributed by atoms with Gasteiger partial charge in [0, 0.05) is 43.9 Å². The molecule has 2 aromatic carbocycles. The topological polar surface area (TPSA) is 23.6 Å². The molecule has 3 rings (SSSR count). The van der Waals surface area contributed by atoms with Gasteiger partial charge < -0.3 is 4.90 Å². The van der Waals surface area contributed by atoms with Crippen molar-refractivity contribution in [3.05, 3.63) is 70.8 Å². The van der Waals surface area contributed by atoms with Crippen LogP contribution >= 0.6 is 0 Å². The van der Waals surface area contributed by atoms with E-state index in [4.69, 9.17) is 0 Å². The number of nitrogens with zero attached hydrogens (tertiary/aromatic N) is 2. The van der Waals surface area contributed by atoms with Gasteiger partial charge in [-0.2, -0.15) is 13.2 Å². The number of benzene rings is 2. The van der Waals surface area contributed by atoms with Crippen LogP contribution in [0.1, 0.15) is 27.0 Å². The molecule has 1 saturated heterocycles. The van der Waals surface area contributed by atoms with Crippen LogP contribution < -0.4 is 0 Å². The molecule has 138 valence electrons. The van der Waals surface area contributed by atoms with Crippen molar-refractivity contribution in [2.24, 2.45) is 0 Å². The van der Waals surface area contributed by atoms with Crippen LogP contribution in [-0.2, 0) is 12.7 Å². The lowest BCUT2D eigenvalue weighted by Crippen LogP contribution is -2.43. The Bertz CT molecular complexity index is 746. The molecule has 26 heavy (non-hydrogen) atoms. The van der Waals surface area contributed by atoms with Crippen molar-refractivity contribution < 1.29 is 18.0 Å². The largest absolute Gasteiger partial charge is 0.416 e. The summed E-state index contributed by atoms with van der Waals surface area (Å²) in [6.07, 6.45) is -4.40. The third-order valence-corrected chi connectivity index (χ3v) is 4.69. The van der Waals surface area contributed by atoms with Gasteiger partial charge in [-0.15, -0.1) is 0 Å². The summed E-state index contributed by atoms with van der Waals surface area (Å²) < 4.78 is 37.8. The minimum Gasteiger partial charge on any atom is -0.304 e. The summed E-state index contributed by atoms with van der Waals surface area (Å²) in [5.74, 6) is -0.273. The molecule has 0 atom stereocenters.